The molecule has 1 aromatic carbocycles. The van der Waals surface area contributed by atoms with Crippen LogP contribution in [-0.4, -0.2) is 20.9 Å². The summed E-state index contributed by atoms with van der Waals surface area (Å²) in [6.45, 7) is 14.0. The molecule has 8 heteroatoms. The third-order valence-electron chi connectivity index (χ3n) is 5.25. The fourth-order valence-corrected chi connectivity index (χ4v) is 4.07. The quantitative estimate of drug-likeness (QED) is 0.414. The first-order valence-corrected chi connectivity index (χ1v) is 11.0. The van der Waals surface area contributed by atoms with E-state index in [1.54, 1.807) is 4.68 Å². The highest BCUT2D eigenvalue weighted by Crippen LogP contribution is 2.41. The molecule has 164 valence electrons. The Morgan fingerprint density at radius 1 is 1.10 bits per heavy atom. The average molecular weight is 438 g/mol. The molecule has 1 atom stereocenters. The molecule has 2 heterocycles. The van der Waals surface area contributed by atoms with Gasteiger partial charge in [-0.05, 0) is 6.07 Å². The van der Waals surface area contributed by atoms with Crippen molar-refractivity contribution in [1.29, 1.82) is 5.26 Å². The monoisotopic (exact) mass is 437 g/mol. The molecule has 0 saturated heterocycles. The number of rotatable bonds is 5. The van der Waals surface area contributed by atoms with E-state index in [-0.39, 0.29) is 10.8 Å². The first-order valence-electron chi connectivity index (χ1n) is 10.4. The van der Waals surface area contributed by atoms with Crippen molar-refractivity contribution in [3.63, 3.8) is 0 Å². The van der Waals surface area contributed by atoms with Crippen molar-refractivity contribution in [2.24, 2.45) is 17.3 Å². The molecule has 7 nitrogen and oxygen atoms in total. The molecule has 0 saturated carbocycles. The van der Waals surface area contributed by atoms with E-state index in [9.17, 15) is 5.26 Å². The largest absolute Gasteiger partial charge is 0.345 e. The smallest absolute Gasteiger partial charge is 0.191 e. The highest BCUT2D eigenvalue weighted by atomic mass is 31.0. The minimum atomic E-state index is -0.273. The number of aryl methyl sites for hydroxylation is 1. The SMILES string of the molecule is Cn1c(C(C)(C)C)c(/N=N/c2c(C#N)c(C(C)(C)C)nn2CCNP)c2ccccc21. The molecule has 2 aromatic heterocycles. The summed E-state index contributed by atoms with van der Waals surface area (Å²) < 4.78 is 3.96. The summed E-state index contributed by atoms with van der Waals surface area (Å²) in [6.07, 6.45) is 0. The molecular weight excluding hydrogens is 405 g/mol. The number of para-hydroxylation sites is 1. The van der Waals surface area contributed by atoms with E-state index in [1.165, 1.54) is 0 Å². The summed E-state index contributed by atoms with van der Waals surface area (Å²) in [4.78, 5) is 0. The zero-order chi connectivity index (χ0) is 23.0. The number of aromatic nitrogens is 3. The van der Waals surface area contributed by atoms with Crippen LogP contribution in [-0.2, 0) is 24.4 Å². The van der Waals surface area contributed by atoms with Crippen molar-refractivity contribution in [2.45, 2.75) is 58.9 Å². The van der Waals surface area contributed by atoms with Gasteiger partial charge in [0.25, 0.3) is 0 Å². The van der Waals surface area contributed by atoms with Gasteiger partial charge in [-0.3, -0.25) is 5.09 Å². The van der Waals surface area contributed by atoms with Crippen molar-refractivity contribution < 1.29 is 0 Å². The molecule has 3 rings (SSSR count). The normalized spacial score (nSPS) is 12.7. The fraction of sp³-hybridized carbons (Fsp3) is 0.478. The molecule has 31 heavy (non-hydrogen) atoms. The van der Waals surface area contributed by atoms with Crippen LogP contribution in [0.25, 0.3) is 10.9 Å². The van der Waals surface area contributed by atoms with Gasteiger partial charge < -0.3 is 4.57 Å². The van der Waals surface area contributed by atoms with Gasteiger partial charge in [-0.15, -0.1) is 10.2 Å². The topological polar surface area (TPSA) is 83.3 Å². The lowest BCUT2D eigenvalue weighted by Gasteiger charge is -2.20. The van der Waals surface area contributed by atoms with E-state index in [0.717, 1.165) is 28.0 Å². The van der Waals surface area contributed by atoms with E-state index in [0.29, 0.717) is 24.5 Å². The standard InChI is InChI=1S/C23H32N7P/c1-22(2,3)19-16(14-24)21(30(28-19)13-12-25-31)27-26-18-15-10-8-9-11-17(15)29(7)20(18)23(4,5)6/h8-11,25H,12-13,31H2,1-7H3/b27-26+. The number of nitrogens with zero attached hydrogens (tertiary/aromatic N) is 6. The second-order valence-corrected chi connectivity index (χ2v) is 10.2. The molecule has 3 aromatic rings. The third-order valence-corrected chi connectivity index (χ3v) is 5.54. The maximum atomic E-state index is 9.93. The van der Waals surface area contributed by atoms with Gasteiger partial charge in [0, 0.05) is 29.8 Å². The highest BCUT2D eigenvalue weighted by Gasteiger charge is 2.28. The fourth-order valence-electron chi connectivity index (χ4n) is 3.94. The Bertz CT molecular complexity index is 1160. The summed E-state index contributed by atoms with van der Waals surface area (Å²) in [5.74, 6) is 0.500. The highest BCUT2D eigenvalue weighted by molar-refractivity contribution is 7.13. The lowest BCUT2D eigenvalue weighted by Crippen LogP contribution is -2.16. The summed E-state index contributed by atoms with van der Waals surface area (Å²) in [6, 6.07) is 10.5. The Morgan fingerprint density at radius 3 is 2.35 bits per heavy atom. The van der Waals surface area contributed by atoms with Crippen LogP contribution in [0.5, 0.6) is 0 Å². The van der Waals surface area contributed by atoms with Crippen LogP contribution in [0.3, 0.4) is 0 Å². The van der Waals surface area contributed by atoms with Gasteiger partial charge >= 0.3 is 0 Å². The minimum Gasteiger partial charge on any atom is -0.345 e. The molecule has 0 aliphatic carbocycles. The van der Waals surface area contributed by atoms with Crippen LogP contribution < -0.4 is 5.09 Å². The van der Waals surface area contributed by atoms with Crippen molar-refractivity contribution in [3.8, 4) is 6.07 Å². The van der Waals surface area contributed by atoms with Crippen LogP contribution >= 0.6 is 9.39 Å². The Morgan fingerprint density at radius 2 is 1.77 bits per heavy atom. The summed E-state index contributed by atoms with van der Waals surface area (Å²) in [7, 11) is 4.56. The van der Waals surface area contributed by atoms with E-state index in [2.05, 4.69) is 91.0 Å². The Balaban J connectivity index is 2.24. The predicted molar refractivity (Wildman–Crippen MR) is 129 cm³/mol. The lowest BCUT2D eigenvalue weighted by molar-refractivity contribution is 0.531. The maximum Gasteiger partial charge on any atom is 0.191 e. The Hall–Kier alpha value is -2.55. The number of benzene rings is 1. The van der Waals surface area contributed by atoms with Crippen LogP contribution in [0.15, 0.2) is 34.5 Å². The maximum absolute atomic E-state index is 9.93. The van der Waals surface area contributed by atoms with Crippen molar-refractivity contribution in [2.75, 3.05) is 6.54 Å². The molecule has 1 N–H and O–H groups in total. The molecule has 0 amide bonds. The van der Waals surface area contributed by atoms with Gasteiger partial charge in [0.15, 0.2) is 5.82 Å². The zero-order valence-electron chi connectivity index (χ0n) is 19.5. The van der Waals surface area contributed by atoms with E-state index in [4.69, 9.17) is 10.2 Å². The van der Waals surface area contributed by atoms with Crippen LogP contribution in [0.1, 0.15) is 58.5 Å². The van der Waals surface area contributed by atoms with Crippen molar-refractivity contribution >= 4 is 31.8 Å². The van der Waals surface area contributed by atoms with Gasteiger partial charge in [-0.2, -0.15) is 10.4 Å². The average Bonchev–Trinajstić information content (AvgIpc) is 3.19. The number of fused-ring (bicyclic) bond motifs is 1. The second kappa shape index (κ2) is 8.53. The van der Waals surface area contributed by atoms with Crippen LogP contribution in [0.4, 0.5) is 11.5 Å². The summed E-state index contributed by atoms with van der Waals surface area (Å²) >= 11 is 0. The second-order valence-electron chi connectivity index (χ2n) is 9.81. The summed E-state index contributed by atoms with van der Waals surface area (Å²) in [5.41, 5.74) is 3.87. The minimum absolute atomic E-state index is 0.125. The molecule has 0 bridgehead atoms. The van der Waals surface area contributed by atoms with Crippen LogP contribution in [0, 0.1) is 11.3 Å². The molecule has 1 unspecified atom stereocenters. The Labute approximate surface area is 186 Å². The van der Waals surface area contributed by atoms with Crippen molar-refractivity contribution in [3.05, 3.63) is 41.2 Å². The number of hydrogen-bond acceptors (Lipinski definition) is 5. The first kappa shape index (κ1) is 23.1. The molecular formula is C23H32N7P. The summed E-state index contributed by atoms with van der Waals surface area (Å²) in [5, 5.41) is 28.1. The molecule has 0 fully saturated rings. The molecule has 0 radical (unpaired) electrons. The molecule has 0 aliphatic heterocycles. The number of hydrogen-bond donors (Lipinski definition) is 1. The van der Waals surface area contributed by atoms with Crippen LogP contribution in [0.2, 0.25) is 0 Å². The molecule has 0 aliphatic rings. The first-order chi connectivity index (χ1) is 14.5. The van der Waals surface area contributed by atoms with Gasteiger partial charge in [-0.1, -0.05) is 69.1 Å². The van der Waals surface area contributed by atoms with Crippen molar-refractivity contribution in [1.82, 2.24) is 19.4 Å². The van der Waals surface area contributed by atoms with E-state index < -0.39 is 0 Å². The van der Waals surface area contributed by atoms with Gasteiger partial charge in [0.2, 0.25) is 0 Å². The Kier molecular flexibility index (Phi) is 6.36. The lowest BCUT2D eigenvalue weighted by atomic mass is 9.90. The van der Waals surface area contributed by atoms with E-state index >= 15 is 0 Å². The van der Waals surface area contributed by atoms with Gasteiger partial charge in [0.1, 0.15) is 17.3 Å². The number of nitriles is 1. The van der Waals surface area contributed by atoms with Gasteiger partial charge in [0.05, 0.1) is 23.4 Å². The number of nitrogens with one attached hydrogen (secondary N) is 1. The third kappa shape index (κ3) is 4.42. The zero-order valence-corrected chi connectivity index (χ0v) is 20.6. The van der Waals surface area contributed by atoms with Gasteiger partial charge in [-0.25, -0.2) is 4.68 Å². The van der Waals surface area contributed by atoms with E-state index in [1.807, 2.05) is 12.1 Å². The molecule has 0 spiro atoms. The predicted octanol–water partition coefficient (Wildman–Crippen LogP) is 5.64. The number of azo groups is 1.